The molecule has 92 valence electrons. The molecule has 2 atom stereocenters. The Kier molecular flexibility index (Phi) is 2.09. The third kappa shape index (κ3) is 1.56. The second-order valence-electron chi connectivity index (χ2n) is 4.88. The molecule has 0 bridgehead atoms. The number of nitrogens with one attached hydrogen (secondary N) is 1. The molecule has 1 saturated heterocycles. The molecule has 2 aliphatic rings. The van der Waals surface area contributed by atoms with Crippen LogP contribution in [0.1, 0.15) is 17.5 Å². The first-order valence-corrected chi connectivity index (χ1v) is 5.51. The van der Waals surface area contributed by atoms with Gasteiger partial charge in [0.1, 0.15) is 5.82 Å². The molecule has 1 nitrogen and oxygen atoms in total. The Labute approximate surface area is 95.8 Å². The van der Waals surface area contributed by atoms with Gasteiger partial charge in [0, 0.05) is 12.0 Å². The highest BCUT2D eigenvalue weighted by atomic mass is 19.4. The minimum absolute atomic E-state index is 0.106. The normalized spacial score (nSPS) is 31.4. The number of halogens is 4. The summed E-state index contributed by atoms with van der Waals surface area (Å²) < 4.78 is 50.7. The van der Waals surface area contributed by atoms with Crippen LogP contribution in [-0.2, 0) is 11.6 Å². The van der Waals surface area contributed by atoms with E-state index >= 15 is 0 Å². The highest BCUT2D eigenvalue weighted by Crippen LogP contribution is 2.56. The van der Waals surface area contributed by atoms with E-state index in [1.165, 1.54) is 6.07 Å². The molecule has 0 aromatic heterocycles. The van der Waals surface area contributed by atoms with Crippen LogP contribution in [0.15, 0.2) is 18.2 Å². The predicted octanol–water partition coefficient (Wildman–Crippen LogP) is 2.71. The molecule has 1 aliphatic heterocycles. The fraction of sp³-hybridized carbons (Fsp3) is 0.500. The molecule has 1 heterocycles. The largest absolute Gasteiger partial charge is 0.419 e. The van der Waals surface area contributed by atoms with E-state index < -0.39 is 17.6 Å². The minimum Gasteiger partial charge on any atom is -0.316 e. The van der Waals surface area contributed by atoms with Crippen molar-refractivity contribution in [3.05, 3.63) is 35.1 Å². The lowest BCUT2D eigenvalue weighted by atomic mass is 9.94. The molecule has 0 spiro atoms. The lowest BCUT2D eigenvalue weighted by Gasteiger charge is -2.14. The van der Waals surface area contributed by atoms with Crippen molar-refractivity contribution < 1.29 is 17.6 Å². The lowest BCUT2D eigenvalue weighted by molar-refractivity contribution is -0.140. The van der Waals surface area contributed by atoms with Crippen molar-refractivity contribution in [2.24, 2.45) is 5.92 Å². The number of benzene rings is 1. The van der Waals surface area contributed by atoms with Gasteiger partial charge < -0.3 is 5.32 Å². The first-order chi connectivity index (χ1) is 7.93. The van der Waals surface area contributed by atoms with Gasteiger partial charge in [0.15, 0.2) is 0 Å². The summed E-state index contributed by atoms with van der Waals surface area (Å²) in [6.07, 6.45) is -3.66. The zero-order valence-electron chi connectivity index (χ0n) is 8.94. The molecule has 0 amide bonds. The summed E-state index contributed by atoms with van der Waals surface area (Å²) in [5.41, 5.74) is -0.593. The summed E-state index contributed by atoms with van der Waals surface area (Å²) in [5, 5.41) is 3.18. The first kappa shape index (κ1) is 11.0. The quantitative estimate of drug-likeness (QED) is 0.750. The Bertz CT molecular complexity index is 468. The summed E-state index contributed by atoms with van der Waals surface area (Å²) >= 11 is 0. The van der Waals surface area contributed by atoms with Crippen molar-refractivity contribution in [1.82, 2.24) is 5.32 Å². The van der Waals surface area contributed by atoms with Gasteiger partial charge in [-0.25, -0.2) is 4.39 Å². The number of alkyl halides is 3. The van der Waals surface area contributed by atoms with E-state index in [2.05, 4.69) is 5.32 Å². The van der Waals surface area contributed by atoms with E-state index in [-0.39, 0.29) is 5.41 Å². The fourth-order valence-electron chi connectivity index (χ4n) is 2.84. The van der Waals surface area contributed by atoms with Gasteiger partial charge in [0.2, 0.25) is 0 Å². The highest BCUT2D eigenvalue weighted by molar-refractivity contribution is 5.39. The molecule has 0 radical (unpaired) electrons. The monoisotopic (exact) mass is 245 g/mol. The van der Waals surface area contributed by atoms with E-state index in [1.54, 1.807) is 0 Å². The number of hydrogen-bond donors (Lipinski definition) is 1. The standard InChI is InChI=1S/C12H11F4N/c13-10-3-7(1-2-9(10)12(14,15)16)11-4-8(11)5-17-6-11/h1-3,8,17H,4-6H2/t8-,11+/m1/s1. The Morgan fingerprint density at radius 1 is 1.29 bits per heavy atom. The third-order valence-corrected chi connectivity index (χ3v) is 3.91. The molecule has 1 N–H and O–H groups in total. The number of hydrogen-bond acceptors (Lipinski definition) is 1. The predicted molar refractivity (Wildman–Crippen MR) is 54.1 cm³/mol. The van der Waals surface area contributed by atoms with E-state index in [4.69, 9.17) is 0 Å². The van der Waals surface area contributed by atoms with Crippen LogP contribution in [0.4, 0.5) is 17.6 Å². The maximum absolute atomic E-state index is 13.4. The first-order valence-electron chi connectivity index (χ1n) is 5.51. The van der Waals surface area contributed by atoms with Crippen molar-refractivity contribution in [3.63, 3.8) is 0 Å². The number of piperidine rings is 1. The minimum atomic E-state index is -4.61. The third-order valence-electron chi connectivity index (χ3n) is 3.91. The van der Waals surface area contributed by atoms with Crippen LogP contribution in [0.25, 0.3) is 0 Å². The fourth-order valence-corrected chi connectivity index (χ4v) is 2.84. The van der Waals surface area contributed by atoms with Gasteiger partial charge in [-0.15, -0.1) is 0 Å². The van der Waals surface area contributed by atoms with Gasteiger partial charge >= 0.3 is 6.18 Å². The van der Waals surface area contributed by atoms with Crippen molar-refractivity contribution in [2.75, 3.05) is 13.1 Å². The zero-order chi connectivity index (χ0) is 12.3. The number of fused-ring (bicyclic) bond motifs is 1. The summed E-state index contributed by atoms with van der Waals surface area (Å²) in [7, 11) is 0. The topological polar surface area (TPSA) is 12.0 Å². The molecule has 1 aromatic carbocycles. The van der Waals surface area contributed by atoms with Gasteiger partial charge in [-0.1, -0.05) is 6.07 Å². The van der Waals surface area contributed by atoms with E-state index in [0.29, 0.717) is 11.5 Å². The Hall–Kier alpha value is -1.10. The van der Waals surface area contributed by atoms with Gasteiger partial charge in [0.25, 0.3) is 0 Å². The van der Waals surface area contributed by atoms with Crippen LogP contribution in [0, 0.1) is 11.7 Å². The molecule has 3 rings (SSSR count). The van der Waals surface area contributed by atoms with Crippen molar-refractivity contribution >= 4 is 0 Å². The smallest absolute Gasteiger partial charge is 0.316 e. The van der Waals surface area contributed by atoms with Crippen LogP contribution in [-0.4, -0.2) is 13.1 Å². The average Bonchev–Trinajstić information content (AvgIpc) is 2.80. The van der Waals surface area contributed by atoms with Gasteiger partial charge in [-0.05, 0) is 36.6 Å². The van der Waals surface area contributed by atoms with Crippen molar-refractivity contribution in [1.29, 1.82) is 0 Å². The van der Waals surface area contributed by atoms with Crippen LogP contribution >= 0.6 is 0 Å². The van der Waals surface area contributed by atoms with Crippen molar-refractivity contribution in [3.8, 4) is 0 Å². The maximum atomic E-state index is 13.4. The Morgan fingerprint density at radius 2 is 2.06 bits per heavy atom. The summed E-state index contributed by atoms with van der Waals surface area (Å²) in [6.45, 7) is 1.62. The molecule has 0 unspecified atom stereocenters. The van der Waals surface area contributed by atoms with Gasteiger partial charge in [-0.3, -0.25) is 0 Å². The van der Waals surface area contributed by atoms with Crippen molar-refractivity contribution in [2.45, 2.75) is 18.0 Å². The van der Waals surface area contributed by atoms with E-state index in [1.807, 2.05) is 0 Å². The molecule has 1 saturated carbocycles. The van der Waals surface area contributed by atoms with E-state index in [9.17, 15) is 17.6 Å². The van der Waals surface area contributed by atoms with E-state index in [0.717, 1.165) is 31.6 Å². The Morgan fingerprint density at radius 3 is 2.53 bits per heavy atom. The summed E-state index contributed by atoms with van der Waals surface area (Å²) in [6, 6.07) is 3.32. The zero-order valence-corrected chi connectivity index (χ0v) is 8.94. The summed E-state index contributed by atoms with van der Waals surface area (Å²) in [5.74, 6) is -0.708. The van der Waals surface area contributed by atoms with Gasteiger partial charge in [-0.2, -0.15) is 13.2 Å². The SMILES string of the molecule is Fc1cc([C@]23CNC[C@H]2C3)ccc1C(F)(F)F. The molecule has 5 heteroatoms. The maximum Gasteiger partial charge on any atom is 0.419 e. The van der Waals surface area contributed by atoms with Crippen LogP contribution in [0.2, 0.25) is 0 Å². The Balaban J connectivity index is 1.97. The lowest BCUT2D eigenvalue weighted by Crippen LogP contribution is -2.20. The second kappa shape index (κ2) is 3.22. The molecule has 17 heavy (non-hydrogen) atoms. The molecular formula is C12H11F4N. The van der Waals surface area contributed by atoms with Crippen LogP contribution in [0.3, 0.4) is 0 Å². The molecular weight excluding hydrogens is 234 g/mol. The summed E-state index contributed by atoms with van der Waals surface area (Å²) in [4.78, 5) is 0. The second-order valence-corrected chi connectivity index (χ2v) is 4.88. The number of rotatable bonds is 1. The molecule has 2 fully saturated rings. The van der Waals surface area contributed by atoms with Crippen LogP contribution in [0.5, 0.6) is 0 Å². The average molecular weight is 245 g/mol. The molecule has 1 aromatic rings. The highest BCUT2D eigenvalue weighted by Gasteiger charge is 2.58. The molecule has 1 aliphatic carbocycles. The van der Waals surface area contributed by atoms with Crippen LogP contribution < -0.4 is 5.32 Å². The van der Waals surface area contributed by atoms with Gasteiger partial charge in [0.05, 0.1) is 5.56 Å².